The van der Waals surface area contributed by atoms with E-state index < -0.39 is 0 Å². The largest absolute Gasteiger partial charge is 0.483 e. The Labute approximate surface area is 220 Å². The standard InChI is InChI=1S/C15H21NO.C14H14ClN.CH2O2/c1-2-13-8-10-16(11-9-13)12-15(17)14-6-4-3-5-7-14;1-11(12-5-3-2-4-6-12)16-14-9-7-13(15)8-10-14;2-1-3/h3-7,13H,2,8-12H2,1H3;2-11,16H,1H3;1H,(H,2,3). The van der Waals surface area contributed by atoms with Gasteiger partial charge in [-0.05, 0) is 68.6 Å². The lowest BCUT2D eigenvalue weighted by Gasteiger charge is -2.30. The van der Waals surface area contributed by atoms with Crippen LogP contribution in [0.2, 0.25) is 5.02 Å². The first kappa shape index (κ1) is 29.1. The Morgan fingerprint density at radius 3 is 2.06 bits per heavy atom. The molecule has 5 nitrogen and oxygen atoms in total. The van der Waals surface area contributed by atoms with E-state index in [1.54, 1.807) is 0 Å². The maximum atomic E-state index is 12.0. The van der Waals surface area contributed by atoms with Gasteiger partial charge in [0.15, 0.2) is 5.78 Å². The molecule has 0 amide bonds. The fourth-order valence-electron chi connectivity index (χ4n) is 4.09. The molecular weight excluding hydrogens is 472 g/mol. The first-order chi connectivity index (χ1) is 17.5. The maximum Gasteiger partial charge on any atom is 0.290 e. The van der Waals surface area contributed by atoms with Gasteiger partial charge in [-0.3, -0.25) is 14.5 Å². The summed E-state index contributed by atoms with van der Waals surface area (Å²) in [5, 5.41) is 11.1. The third-order valence-corrected chi connectivity index (χ3v) is 6.53. The van der Waals surface area contributed by atoms with Gasteiger partial charge in [-0.1, -0.05) is 85.6 Å². The number of anilines is 1. The number of carbonyl (C=O) groups excluding carboxylic acids is 1. The van der Waals surface area contributed by atoms with E-state index in [0.29, 0.717) is 12.6 Å². The fourth-order valence-corrected chi connectivity index (χ4v) is 4.22. The number of likely N-dealkylation sites (tertiary alicyclic amines) is 1. The highest BCUT2D eigenvalue weighted by Crippen LogP contribution is 2.21. The molecule has 3 aromatic rings. The second kappa shape index (κ2) is 16.5. The zero-order valence-electron chi connectivity index (χ0n) is 21.1. The minimum Gasteiger partial charge on any atom is -0.483 e. The monoisotopic (exact) mass is 508 g/mol. The van der Waals surface area contributed by atoms with Crippen LogP contribution in [-0.4, -0.2) is 41.9 Å². The topological polar surface area (TPSA) is 69.6 Å². The molecule has 0 bridgehead atoms. The van der Waals surface area contributed by atoms with Crippen LogP contribution in [0.3, 0.4) is 0 Å². The highest BCUT2D eigenvalue weighted by molar-refractivity contribution is 6.30. The van der Waals surface area contributed by atoms with Crippen molar-refractivity contribution in [3.05, 3.63) is 101 Å². The molecule has 3 aromatic carbocycles. The number of Topliss-reactive ketones (excluding diaryl/α,β-unsaturated/α-hetero) is 1. The van der Waals surface area contributed by atoms with E-state index in [1.165, 1.54) is 24.8 Å². The van der Waals surface area contributed by atoms with Crippen molar-refractivity contribution >= 4 is 29.5 Å². The molecule has 1 saturated heterocycles. The Bertz CT molecular complexity index is 1010. The van der Waals surface area contributed by atoms with Gasteiger partial charge in [0.1, 0.15) is 0 Å². The summed E-state index contributed by atoms with van der Waals surface area (Å²) < 4.78 is 0. The number of halogens is 1. The van der Waals surface area contributed by atoms with Crippen LogP contribution < -0.4 is 5.32 Å². The van der Waals surface area contributed by atoms with Gasteiger partial charge in [0.05, 0.1) is 6.54 Å². The predicted molar refractivity (Wildman–Crippen MR) is 149 cm³/mol. The van der Waals surface area contributed by atoms with Crippen LogP contribution in [-0.2, 0) is 4.79 Å². The minimum atomic E-state index is -0.250. The van der Waals surface area contributed by atoms with Crippen LogP contribution in [0.25, 0.3) is 0 Å². The summed E-state index contributed by atoms with van der Waals surface area (Å²) in [6, 6.07) is 28.0. The van der Waals surface area contributed by atoms with Gasteiger partial charge >= 0.3 is 0 Å². The number of ketones is 1. The molecule has 1 heterocycles. The molecular formula is C30H37ClN2O3. The summed E-state index contributed by atoms with van der Waals surface area (Å²) in [6.45, 7) is 6.90. The normalized spacial score (nSPS) is 14.3. The van der Waals surface area contributed by atoms with E-state index in [0.717, 1.165) is 35.3 Å². The zero-order valence-corrected chi connectivity index (χ0v) is 21.9. The van der Waals surface area contributed by atoms with Crippen molar-refractivity contribution in [2.75, 3.05) is 25.0 Å². The summed E-state index contributed by atoms with van der Waals surface area (Å²) >= 11 is 5.84. The molecule has 0 saturated carbocycles. The average Bonchev–Trinajstić information content (AvgIpc) is 2.92. The molecule has 0 radical (unpaired) electrons. The Kier molecular flexibility index (Phi) is 13.3. The Morgan fingerprint density at radius 2 is 1.53 bits per heavy atom. The maximum absolute atomic E-state index is 12.0. The molecule has 0 spiro atoms. The molecule has 1 aliphatic heterocycles. The first-order valence-corrected chi connectivity index (χ1v) is 12.8. The molecule has 192 valence electrons. The van der Waals surface area contributed by atoms with Crippen molar-refractivity contribution in [1.29, 1.82) is 0 Å². The Hall–Kier alpha value is -3.15. The quantitative estimate of drug-likeness (QED) is 0.261. The molecule has 1 aliphatic rings. The van der Waals surface area contributed by atoms with Gasteiger partial charge in [0, 0.05) is 22.3 Å². The number of rotatable bonds is 7. The zero-order chi connectivity index (χ0) is 26.2. The van der Waals surface area contributed by atoms with Gasteiger partial charge in [-0.25, -0.2) is 0 Å². The van der Waals surface area contributed by atoms with E-state index in [-0.39, 0.29) is 12.3 Å². The van der Waals surface area contributed by atoms with Crippen molar-refractivity contribution in [2.45, 2.75) is 39.2 Å². The number of nitrogens with zero attached hydrogens (tertiary/aromatic N) is 1. The summed E-state index contributed by atoms with van der Waals surface area (Å²) in [5.41, 5.74) is 3.20. The molecule has 6 heteroatoms. The summed E-state index contributed by atoms with van der Waals surface area (Å²) in [6.07, 6.45) is 3.78. The first-order valence-electron chi connectivity index (χ1n) is 12.4. The lowest BCUT2D eigenvalue weighted by molar-refractivity contribution is -0.122. The number of carboxylic acid groups (broad SMARTS) is 1. The smallest absolute Gasteiger partial charge is 0.290 e. The van der Waals surface area contributed by atoms with Crippen molar-refractivity contribution in [1.82, 2.24) is 4.90 Å². The van der Waals surface area contributed by atoms with Crippen LogP contribution in [0.4, 0.5) is 5.69 Å². The predicted octanol–water partition coefficient (Wildman–Crippen LogP) is 7.21. The number of piperidine rings is 1. The van der Waals surface area contributed by atoms with Crippen molar-refractivity contribution in [3.8, 4) is 0 Å². The number of benzene rings is 3. The van der Waals surface area contributed by atoms with E-state index >= 15 is 0 Å². The average molecular weight is 509 g/mol. The lowest BCUT2D eigenvalue weighted by Crippen LogP contribution is -2.37. The van der Waals surface area contributed by atoms with Gasteiger partial charge in [-0.15, -0.1) is 0 Å². The van der Waals surface area contributed by atoms with Crippen LogP contribution >= 0.6 is 11.6 Å². The number of hydrogen-bond acceptors (Lipinski definition) is 4. The molecule has 1 unspecified atom stereocenters. The SMILES string of the molecule is CC(Nc1ccc(Cl)cc1)c1ccccc1.CCC1CCN(CC(=O)c2ccccc2)CC1.O=CO. The molecule has 4 rings (SSSR count). The van der Waals surface area contributed by atoms with E-state index in [1.807, 2.05) is 60.7 Å². The van der Waals surface area contributed by atoms with Crippen LogP contribution in [0.5, 0.6) is 0 Å². The van der Waals surface area contributed by atoms with Crippen molar-refractivity contribution in [2.24, 2.45) is 5.92 Å². The van der Waals surface area contributed by atoms with Gasteiger partial charge in [-0.2, -0.15) is 0 Å². The molecule has 0 aliphatic carbocycles. The van der Waals surface area contributed by atoms with Crippen molar-refractivity contribution in [3.63, 3.8) is 0 Å². The summed E-state index contributed by atoms with van der Waals surface area (Å²) in [7, 11) is 0. The fraction of sp³-hybridized carbons (Fsp3) is 0.333. The van der Waals surface area contributed by atoms with Gasteiger partial charge in [0.2, 0.25) is 0 Å². The Morgan fingerprint density at radius 1 is 1.00 bits per heavy atom. The van der Waals surface area contributed by atoms with Crippen LogP contribution in [0, 0.1) is 5.92 Å². The second-order valence-electron chi connectivity index (χ2n) is 8.81. The van der Waals surface area contributed by atoms with E-state index in [9.17, 15) is 4.79 Å². The summed E-state index contributed by atoms with van der Waals surface area (Å²) in [4.78, 5) is 22.7. The van der Waals surface area contributed by atoms with Gasteiger partial charge < -0.3 is 10.4 Å². The van der Waals surface area contributed by atoms with E-state index in [2.05, 4.69) is 48.3 Å². The number of hydrogen-bond donors (Lipinski definition) is 2. The number of nitrogens with one attached hydrogen (secondary N) is 1. The Balaban J connectivity index is 0.000000229. The second-order valence-corrected chi connectivity index (χ2v) is 9.24. The lowest BCUT2D eigenvalue weighted by atomic mass is 9.94. The van der Waals surface area contributed by atoms with Gasteiger partial charge in [0.25, 0.3) is 6.47 Å². The third kappa shape index (κ3) is 10.6. The summed E-state index contributed by atoms with van der Waals surface area (Å²) in [5.74, 6) is 1.12. The minimum absolute atomic E-state index is 0.250. The molecule has 1 atom stereocenters. The number of carbonyl (C=O) groups is 2. The molecule has 0 aromatic heterocycles. The molecule has 36 heavy (non-hydrogen) atoms. The highest BCUT2D eigenvalue weighted by Gasteiger charge is 2.19. The van der Waals surface area contributed by atoms with Crippen LogP contribution in [0.1, 0.15) is 55.1 Å². The molecule has 1 fully saturated rings. The highest BCUT2D eigenvalue weighted by atomic mass is 35.5. The van der Waals surface area contributed by atoms with Crippen LogP contribution in [0.15, 0.2) is 84.9 Å². The van der Waals surface area contributed by atoms with E-state index in [4.69, 9.17) is 21.5 Å². The third-order valence-electron chi connectivity index (χ3n) is 6.27. The van der Waals surface area contributed by atoms with Crippen molar-refractivity contribution < 1.29 is 14.7 Å². The molecule has 2 N–H and O–H groups in total.